The number of fused-ring (bicyclic) bond motifs is 3. The molecule has 1 radical (unpaired) electrons. The normalized spacial score (nSPS) is 12.0. The summed E-state index contributed by atoms with van der Waals surface area (Å²) in [6.07, 6.45) is 3.93. The van der Waals surface area contributed by atoms with Crippen LogP contribution < -0.4 is 4.40 Å². The smallest absolute Gasteiger partial charge is 0 e. The second-order valence-electron chi connectivity index (χ2n) is 13.2. The van der Waals surface area contributed by atoms with Crippen molar-refractivity contribution < 1.29 is 24.5 Å². The van der Waals surface area contributed by atoms with E-state index < -0.39 is 13.3 Å². The van der Waals surface area contributed by atoms with Crippen LogP contribution in [0.25, 0.3) is 44.5 Å². The van der Waals surface area contributed by atoms with Crippen molar-refractivity contribution >= 4 is 39.6 Å². The van der Waals surface area contributed by atoms with Gasteiger partial charge in [-0.3, -0.25) is 0 Å². The van der Waals surface area contributed by atoms with Gasteiger partial charge in [0, 0.05) is 31.7 Å². The molecule has 1 unspecified atom stereocenters. The molecule has 0 saturated carbocycles. The first-order chi connectivity index (χ1) is 22.2. The molecule has 5 heteroatoms. The van der Waals surface area contributed by atoms with E-state index in [-0.39, 0.29) is 20.1 Å². The van der Waals surface area contributed by atoms with Gasteiger partial charge >= 0.3 is 148 Å². The van der Waals surface area contributed by atoms with Crippen molar-refractivity contribution in [2.24, 2.45) is 0 Å². The summed E-state index contributed by atoms with van der Waals surface area (Å²) in [4.78, 5) is 9.23. The average Bonchev–Trinajstić information content (AvgIpc) is 3.47. The van der Waals surface area contributed by atoms with Crippen LogP contribution in [0, 0.1) is 12.1 Å². The fraction of sp³-hybridized carbons (Fsp3) is 0.190. The van der Waals surface area contributed by atoms with Gasteiger partial charge < -0.3 is 9.40 Å². The molecule has 47 heavy (non-hydrogen) atoms. The van der Waals surface area contributed by atoms with E-state index in [0.717, 1.165) is 44.5 Å². The quantitative estimate of drug-likeness (QED) is 0.124. The molecule has 239 valence electrons. The first kappa shape index (κ1) is 34.5. The first-order valence-electron chi connectivity index (χ1n) is 16.0. The minimum Gasteiger partial charge on any atom is 0 e. The van der Waals surface area contributed by atoms with Crippen molar-refractivity contribution in [3.63, 3.8) is 0 Å². The number of rotatable bonds is 6. The molecule has 7 rings (SSSR count). The van der Waals surface area contributed by atoms with Gasteiger partial charge in [0.25, 0.3) is 0 Å². The SMILES string of the molecule is CC(C)c1ccnc(-c2[c-]ccc3c2oc2ccccc23)c1.CC(c1ccccc1)c1cc[c-]c(-c2cc[c]([Ge]([CH3])([CH3])[CH3])cn2)c1.[Ir]. The minimum atomic E-state index is -1.80. The van der Waals surface area contributed by atoms with Crippen LogP contribution in [0.3, 0.4) is 0 Å². The molecule has 0 saturated heterocycles. The van der Waals surface area contributed by atoms with Crippen molar-refractivity contribution in [2.75, 3.05) is 0 Å². The van der Waals surface area contributed by atoms with Gasteiger partial charge in [-0.05, 0) is 23.7 Å². The summed E-state index contributed by atoms with van der Waals surface area (Å²) in [7, 11) is 0. The van der Waals surface area contributed by atoms with Crippen LogP contribution in [0.5, 0.6) is 0 Å². The maximum Gasteiger partial charge on any atom is 0 e. The molecule has 0 bridgehead atoms. The van der Waals surface area contributed by atoms with Gasteiger partial charge in [-0.25, -0.2) is 0 Å². The van der Waals surface area contributed by atoms with E-state index in [1.54, 1.807) is 0 Å². The first-order valence-corrected chi connectivity index (χ1v) is 23.3. The molecule has 3 aromatic heterocycles. The maximum absolute atomic E-state index is 6.07. The third-order valence-corrected chi connectivity index (χ3v) is 12.8. The van der Waals surface area contributed by atoms with E-state index in [9.17, 15) is 0 Å². The van der Waals surface area contributed by atoms with Crippen LogP contribution in [0.15, 0.2) is 126 Å². The Labute approximate surface area is 295 Å². The molecule has 0 N–H and O–H groups in total. The second kappa shape index (κ2) is 14.9. The van der Waals surface area contributed by atoms with Gasteiger partial charge in [-0.2, -0.15) is 0 Å². The minimum absolute atomic E-state index is 0. The summed E-state index contributed by atoms with van der Waals surface area (Å²) in [6.45, 7) is 6.62. The summed E-state index contributed by atoms with van der Waals surface area (Å²) in [5.41, 5.74) is 9.58. The summed E-state index contributed by atoms with van der Waals surface area (Å²) in [6, 6.07) is 44.4. The number of para-hydroxylation sites is 1. The molecule has 4 aromatic carbocycles. The molecule has 0 spiro atoms. The monoisotopic (exact) mass is 855 g/mol. The molecular formula is C42H40GeIrN2O-2. The van der Waals surface area contributed by atoms with E-state index in [1.165, 1.54) is 21.1 Å². The zero-order chi connectivity index (χ0) is 32.3. The third-order valence-electron chi connectivity index (χ3n) is 8.58. The summed E-state index contributed by atoms with van der Waals surface area (Å²) >= 11 is -1.80. The Bertz CT molecular complexity index is 2080. The zero-order valence-corrected chi connectivity index (χ0v) is 32.3. The number of furan rings is 1. The van der Waals surface area contributed by atoms with E-state index >= 15 is 0 Å². The predicted octanol–water partition coefficient (Wildman–Crippen LogP) is 10.8. The van der Waals surface area contributed by atoms with Crippen LogP contribution in [0.2, 0.25) is 17.3 Å². The van der Waals surface area contributed by atoms with Gasteiger partial charge in [-0.15, -0.1) is 18.2 Å². The molecule has 3 heterocycles. The van der Waals surface area contributed by atoms with Crippen molar-refractivity contribution in [1.82, 2.24) is 9.97 Å². The Morgan fingerprint density at radius 3 is 2.13 bits per heavy atom. The largest absolute Gasteiger partial charge is 0 e. The zero-order valence-electron chi connectivity index (χ0n) is 27.8. The molecule has 0 aliphatic carbocycles. The fourth-order valence-electron chi connectivity index (χ4n) is 5.66. The number of hydrogen-bond donors (Lipinski definition) is 0. The number of hydrogen-bond acceptors (Lipinski definition) is 3. The molecular weight excluding hydrogens is 813 g/mol. The predicted molar refractivity (Wildman–Crippen MR) is 195 cm³/mol. The molecule has 0 aliphatic heterocycles. The van der Waals surface area contributed by atoms with Crippen LogP contribution in [0.4, 0.5) is 0 Å². The summed E-state index contributed by atoms with van der Waals surface area (Å²) in [5, 5.41) is 2.24. The molecule has 1 atom stereocenters. The summed E-state index contributed by atoms with van der Waals surface area (Å²) in [5.74, 6) is 8.01. The van der Waals surface area contributed by atoms with E-state index in [4.69, 9.17) is 9.40 Å². The van der Waals surface area contributed by atoms with Gasteiger partial charge in [0.15, 0.2) is 0 Å². The van der Waals surface area contributed by atoms with E-state index in [1.807, 2.05) is 36.5 Å². The average molecular weight is 854 g/mol. The number of nitrogens with zero attached hydrogens (tertiary/aromatic N) is 2. The Balaban J connectivity index is 0.000000181. The number of aromatic nitrogens is 2. The molecule has 3 nitrogen and oxygen atoms in total. The third kappa shape index (κ3) is 7.84. The number of pyridine rings is 2. The molecule has 7 aromatic rings. The van der Waals surface area contributed by atoms with Gasteiger partial charge in [-0.1, -0.05) is 54.6 Å². The second-order valence-corrected chi connectivity index (χ2v) is 23.8. The van der Waals surface area contributed by atoms with Crippen LogP contribution >= 0.6 is 0 Å². The Kier molecular flexibility index (Phi) is 11.0. The van der Waals surface area contributed by atoms with Crippen LogP contribution in [-0.4, -0.2) is 23.2 Å². The van der Waals surface area contributed by atoms with E-state index in [0.29, 0.717) is 11.8 Å². The summed E-state index contributed by atoms with van der Waals surface area (Å²) < 4.78 is 7.50. The van der Waals surface area contributed by atoms with Crippen molar-refractivity contribution in [1.29, 1.82) is 0 Å². The molecule has 0 amide bonds. The number of benzene rings is 4. The van der Waals surface area contributed by atoms with Crippen LogP contribution in [-0.2, 0) is 20.1 Å². The van der Waals surface area contributed by atoms with Gasteiger partial charge in [0.05, 0.1) is 5.58 Å². The molecule has 0 fully saturated rings. The topological polar surface area (TPSA) is 38.9 Å². The van der Waals surface area contributed by atoms with Gasteiger partial charge in [0.2, 0.25) is 0 Å². The maximum atomic E-state index is 6.07. The Morgan fingerprint density at radius 1 is 0.660 bits per heavy atom. The van der Waals surface area contributed by atoms with Gasteiger partial charge in [0.1, 0.15) is 5.58 Å². The van der Waals surface area contributed by atoms with Crippen LogP contribution in [0.1, 0.15) is 49.3 Å². The van der Waals surface area contributed by atoms with Crippen molar-refractivity contribution in [2.45, 2.75) is 49.9 Å². The Morgan fingerprint density at radius 2 is 1.40 bits per heavy atom. The fourth-order valence-corrected chi connectivity index (χ4v) is 7.83. The standard InChI is InChI=1S/C22H24GeN.C20H16NO.Ir/c1-17(18-9-6-5-7-10-18)19-11-8-12-20(15-19)22-14-13-21(16-24-22)23(2,3)4;1-13(2)14-10-11-21-18(12-14)17-8-5-7-16-15-6-3-4-9-19(15)22-20(16)17;/h5-11,13-17H,1-4H3;3-7,9-13H,1-2H3;/q2*-1;. The van der Waals surface area contributed by atoms with Crippen molar-refractivity contribution in [3.05, 3.63) is 150 Å². The van der Waals surface area contributed by atoms with Crippen molar-refractivity contribution in [3.8, 4) is 22.5 Å². The molecule has 0 aliphatic rings. The van der Waals surface area contributed by atoms with E-state index in [2.05, 4.69) is 140 Å². The Hall–Kier alpha value is -3.83.